The fraction of sp³-hybridized carbons (Fsp3) is 0.286. The molecule has 3 rings (SSSR count). The standard InChI is InChI=1S/C21H25N5O4S2/c1-14-4-5-17(10-15(14)2)26-32(28,29)18-6-7-19(16(3)11-18)30-12-20(27)22-8-9-31-21-23-13-24-25-21/h4-7,10-11,13,26H,8-9,12H2,1-3H3,(H,22,27)(H,23,24,25). The van der Waals surface area contributed by atoms with Crippen molar-refractivity contribution in [2.45, 2.75) is 30.8 Å². The van der Waals surface area contributed by atoms with Gasteiger partial charge in [-0.15, -0.1) is 0 Å². The Labute approximate surface area is 191 Å². The minimum absolute atomic E-state index is 0.120. The van der Waals surface area contributed by atoms with E-state index >= 15 is 0 Å². The zero-order chi connectivity index (χ0) is 23.1. The Bertz CT molecular complexity index is 1180. The second-order valence-corrected chi connectivity index (χ2v) is 9.88. The van der Waals surface area contributed by atoms with E-state index in [9.17, 15) is 13.2 Å². The van der Waals surface area contributed by atoms with Crippen molar-refractivity contribution in [3.8, 4) is 5.75 Å². The molecule has 11 heteroatoms. The zero-order valence-corrected chi connectivity index (χ0v) is 19.6. The van der Waals surface area contributed by atoms with E-state index in [1.165, 1.54) is 30.2 Å². The van der Waals surface area contributed by atoms with Gasteiger partial charge in [-0.25, -0.2) is 13.4 Å². The van der Waals surface area contributed by atoms with Crippen LogP contribution in [0.15, 0.2) is 52.8 Å². The summed E-state index contributed by atoms with van der Waals surface area (Å²) in [5, 5.41) is 9.92. The highest BCUT2D eigenvalue weighted by molar-refractivity contribution is 7.99. The average Bonchev–Trinajstić information content (AvgIpc) is 3.26. The quantitative estimate of drug-likeness (QED) is 0.304. The molecule has 3 aromatic rings. The SMILES string of the molecule is Cc1ccc(NS(=O)(=O)c2ccc(OCC(=O)NCCSc3ncn[nH]3)c(C)c2)cc1C. The summed E-state index contributed by atoms with van der Waals surface area (Å²) in [5.74, 6) is 0.817. The number of carbonyl (C=O) groups is 1. The second-order valence-electron chi connectivity index (χ2n) is 7.11. The molecule has 0 aliphatic heterocycles. The van der Waals surface area contributed by atoms with E-state index in [4.69, 9.17) is 4.74 Å². The number of aromatic amines is 1. The maximum Gasteiger partial charge on any atom is 0.261 e. The van der Waals surface area contributed by atoms with Crippen LogP contribution in [0, 0.1) is 20.8 Å². The third-order valence-corrected chi connectivity index (χ3v) is 6.89. The predicted octanol–water partition coefficient (Wildman–Crippen LogP) is 2.82. The smallest absolute Gasteiger partial charge is 0.261 e. The number of hydrogen-bond donors (Lipinski definition) is 3. The van der Waals surface area contributed by atoms with Crippen molar-refractivity contribution in [2.75, 3.05) is 23.6 Å². The number of benzene rings is 2. The number of anilines is 1. The molecule has 0 saturated heterocycles. The molecule has 1 amide bonds. The van der Waals surface area contributed by atoms with E-state index < -0.39 is 10.0 Å². The molecule has 0 aliphatic rings. The predicted molar refractivity (Wildman–Crippen MR) is 124 cm³/mol. The van der Waals surface area contributed by atoms with Crippen molar-refractivity contribution in [3.63, 3.8) is 0 Å². The molecular weight excluding hydrogens is 450 g/mol. The van der Waals surface area contributed by atoms with Gasteiger partial charge in [0.05, 0.1) is 4.90 Å². The van der Waals surface area contributed by atoms with E-state index in [1.807, 2.05) is 19.9 Å². The van der Waals surface area contributed by atoms with Gasteiger partial charge in [0.25, 0.3) is 15.9 Å². The largest absolute Gasteiger partial charge is 0.484 e. The summed E-state index contributed by atoms with van der Waals surface area (Å²) in [6.07, 6.45) is 1.42. The third kappa shape index (κ3) is 6.47. The Hall–Kier alpha value is -3.05. The highest BCUT2D eigenvalue weighted by Crippen LogP contribution is 2.24. The van der Waals surface area contributed by atoms with Gasteiger partial charge in [0.15, 0.2) is 11.8 Å². The Morgan fingerprint density at radius 1 is 1.09 bits per heavy atom. The first kappa shape index (κ1) is 23.6. The van der Waals surface area contributed by atoms with Crippen LogP contribution in [0.5, 0.6) is 5.75 Å². The number of amides is 1. The van der Waals surface area contributed by atoms with Gasteiger partial charge in [0, 0.05) is 18.0 Å². The number of aromatic nitrogens is 3. The summed E-state index contributed by atoms with van der Waals surface area (Å²) in [6.45, 7) is 5.91. The molecule has 32 heavy (non-hydrogen) atoms. The average molecular weight is 476 g/mol. The van der Waals surface area contributed by atoms with E-state index in [0.29, 0.717) is 34.5 Å². The number of ether oxygens (including phenoxy) is 1. The number of rotatable bonds is 10. The Balaban J connectivity index is 1.52. The van der Waals surface area contributed by atoms with Crippen molar-refractivity contribution >= 4 is 33.4 Å². The van der Waals surface area contributed by atoms with Crippen LogP contribution in [0.2, 0.25) is 0 Å². The van der Waals surface area contributed by atoms with Gasteiger partial charge >= 0.3 is 0 Å². The lowest BCUT2D eigenvalue weighted by Crippen LogP contribution is -2.30. The van der Waals surface area contributed by atoms with E-state index in [2.05, 4.69) is 25.2 Å². The summed E-state index contributed by atoms with van der Waals surface area (Å²) in [4.78, 5) is 16.1. The number of H-pyrrole nitrogens is 1. The molecule has 0 saturated carbocycles. The number of carbonyl (C=O) groups excluding carboxylic acids is 1. The molecular formula is C21H25N5O4S2. The molecule has 3 N–H and O–H groups in total. The lowest BCUT2D eigenvalue weighted by molar-refractivity contribution is -0.122. The highest BCUT2D eigenvalue weighted by atomic mass is 32.2. The minimum atomic E-state index is -3.75. The Morgan fingerprint density at radius 3 is 2.59 bits per heavy atom. The number of hydrogen-bond acceptors (Lipinski definition) is 7. The number of thioether (sulfide) groups is 1. The molecule has 9 nitrogen and oxygen atoms in total. The number of aryl methyl sites for hydroxylation is 3. The molecule has 1 aromatic heterocycles. The number of nitrogens with zero attached hydrogens (tertiary/aromatic N) is 2. The molecule has 0 atom stereocenters. The van der Waals surface area contributed by atoms with Gasteiger partial charge in [0.2, 0.25) is 0 Å². The molecule has 0 radical (unpaired) electrons. The van der Waals surface area contributed by atoms with Crippen LogP contribution in [0.1, 0.15) is 16.7 Å². The van der Waals surface area contributed by atoms with E-state index in [-0.39, 0.29) is 17.4 Å². The Kier molecular flexibility index (Phi) is 7.75. The zero-order valence-electron chi connectivity index (χ0n) is 18.0. The van der Waals surface area contributed by atoms with Gasteiger partial charge in [-0.3, -0.25) is 14.6 Å². The monoisotopic (exact) mass is 475 g/mol. The van der Waals surface area contributed by atoms with Gasteiger partial charge in [-0.05, 0) is 67.8 Å². The minimum Gasteiger partial charge on any atom is -0.484 e. The molecule has 170 valence electrons. The lowest BCUT2D eigenvalue weighted by Gasteiger charge is -2.13. The second kappa shape index (κ2) is 10.5. The first-order chi connectivity index (χ1) is 15.2. The van der Waals surface area contributed by atoms with Crippen molar-refractivity contribution in [3.05, 3.63) is 59.4 Å². The van der Waals surface area contributed by atoms with Crippen LogP contribution in [0.25, 0.3) is 0 Å². The highest BCUT2D eigenvalue weighted by Gasteiger charge is 2.16. The third-order valence-electron chi connectivity index (χ3n) is 4.63. The normalized spacial score (nSPS) is 11.2. The van der Waals surface area contributed by atoms with Crippen LogP contribution in [-0.2, 0) is 14.8 Å². The van der Waals surface area contributed by atoms with Gasteiger partial charge in [-0.1, -0.05) is 17.8 Å². The molecule has 0 bridgehead atoms. The number of nitrogens with one attached hydrogen (secondary N) is 3. The van der Waals surface area contributed by atoms with Crippen LogP contribution in [0.3, 0.4) is 0 Å². The summed E-state index contributed by atoms with van der Waals surface area (Å²) < 4.78 is 33.6. The summed E-state index contributed by atoms with van der Waals surface area (Å²) >= 11 is 1.44. The molecule has 0 aliphatic carbocycles. The van der Waals surface area contributed by atoms with E-state index in [0.717, 1.165) is 11.1 Å². The van der Waals surface area contributed by atoms with Gasteiger partial charge in [-0.2, -0.15) is 5.10 Å². The molecule has 2 aromatic carbocycles. The van der Waals surface area contributed by atoms with Crippen LogP contribution in [-0.4, -0.2) is 48.4 Å². The van der Waals surface area contributed by atoms with Crippen LogP contribution < -0.4 is 14.8 Å². The van der Waals surface area contributed by atoms with Crippen molar-refractivity contribution in [1.82, 2.24) is 20.5 Å². The van der Waals surface area contributed by atoms with Crippen molar-refractivity contribution in [2.24, 2.45) is 0 Å². The van der Waals surface area contributed by atoms with Crippen LogP contribution >= 0.6 is 11.8 Å². The van der Waals surface area contributed by atoms with Crippen molar-refractivity contribution < 1.29 is 17.9 Å². The molecule has 0 spiro atoms. The maximum atomic E-state index is 12.7. The number of sulfonamides is 1. The molecule has 0 fully saturated rings. The first-order valence-corrected chi connectivity index (χ1v) is 12.3. The topological polar surface area (TPSA) is 126 Å². The Morgan fingerprint density at radius 2 is 1.91 bits per heavy atom. The maximum absolute atomic E-state index is 12.7. The summed E-state index contributed by atoms with van der Waals surface area (Å²) in [5.41, 5.74) is 3.20. The van der Waals surface area contributed by atoms with Gasteiger partial charge < -0.3 is 10.1 Å². The van der Waals surface area contributed by atoms with Crippen molar-refractivity contribution in [1.29, 1.82) is 0 Å². The fourth-order valence-electron chi connectivity index (χ4n) is 2.77. The lowest BCUT2D eigenvalue weighted by atomic mass is 10.1. The molecule has 1 heterocycles. The van der Waals surface area contributed by atoms with Gasteiger partial charge in [0.1, 0.15) is 12.1 Å². The van der Waals surface area contributed by atoms with E-state index in [1.54, 1.807) is 25.1 Å². The summed E-state index contributed by atoms with van der Waals surface area (Å²) in [7, 11) is -3.75. The van der Waals surface area contributed by atoms with Crippen LogP contribution in [0.4, 0.5) is 5.69 Å². The first-order valence-electron chi connectivity index (χ1n) is 9.83. The molecule has 0 unspecified atom stereocenters. The summed E-state index contributed by atoms with van der Waals surface area (Å²) in [6, 6.07) is 9.92. The fourth-order valence-corrected chi connectivity index (χ4v) is 4.54.